The maximum atomic E-state index is 13.8. The fraction of sp³-hybridized carbons (Fsp3) is 0.417. The summed E-state index contributed by atoms with van der Waals surface area (Å²) in [6, 6.07) is 2.78. The Labute approximate surface area is 113 Å². The third-order valence-corrected chi connectivity index (χ3v) is 3.07. The number of carbonyl (C=O) groups is 1. The molecular weight excluding hydrogens is 305 g/mol. The number of carboxylic acids is 1. The Morgan fingerprint density at radius 2 is 2.28 bits per heavy atom. The summed E-state index contributed by atoms with van der Waals surface area (Å²) in [4.78, 5) is 10.8. The minimum atomic E-state index is -1.16. The lowest BCUT2D eigenvalue weighted by Crippen LogP contribution is -2.08. The molecule has 0 spiro atoms. The van der Waals surface area contributed by atoms with E-state index in [-0.39, 0.29) is 15.7 Å². The summed E-state index contributed by atoms with van der Waals surface area (Å²) in [5, 5.41) is 11.7. The molecule has 1 aromatic rings. The molecule has 100 valence electrons. The SMILES string of the molecule is CCOCCCNc1ccc(C(=O)O)c(Br)c1F. The second-order valence-electron chi connectivity index (χ2n) is 3.57. The molecule has 0 unspecified atom stereocenters. The molecule has 0 aliphatic rings. The Hall–Kier alpha value is -1.14. The quantitative estimate of drug-likeness (QED) is 0.758. The standard InChI is InChI=1S/C12H15BrFNO3/c1-2-18-7-3-6-15-9-5-4-8(12(16)17)10(13)11(9)14/h4-5,15H,2-3,6-7H2,1H3,(H,16,17). The van der Waals surface area contributed by atoms with Gasteiger partial charge in [-0.05, 0) is 41.4 Å². The van der Waals surface area contributed by atoms with Gasteiger partial charge in [0.05, 0.1) is 15.7 Å². The lowest BCUT2D eigenvalue weighted by Gasteiger charge is -2.10. The molecule has 0 aliphatic carbocycles. The van der Waals surface area contributed by atoms with Crippen molar-refractivity contribution in [3.8, 4) is 0 Å². The Bertz CT molecular complexity index is 426. The van der Waals surface area contributed by atoms with E-state index < -0.39 is 11.8 Å². The van der Waals surface area contributed by atoms with Gasteiger partial charge in [0.2, 0.25) is 0 Å². The predicted octanol–water partition coefficient (Wildman–Crippen LogP) is 3.12. The third-order valence-electron chi connectivity index (χ3n) is 2.30. The number of anilines is 1. The van der Waals surface area contributed by atoms with Crippen molar-refractivity contribution in [3.05, 3.63) is 28.0 Å². The molecule has 0 aromatic heterocycles. The van der Waals surface area contributed by atoms with Crippen molar-refractivity contribution in [1.29, 1.82) is 0 Å². The number of aromatic carboxylic acids is 1. The lowest BCUT2D eigenvalue weighted by molar-refractivity contribution is 0.0695. The molecular formula is C12H15BrFNO3. The van der Waals surface area contributed by atoms with Crippen LogP contribution in [-0.2, 0) is 4.74 Å². The van der Waals surface area contributed by atoms with Gasteiger partial charge in [-0.25, -0.2) is 9.18 Å². The monoisotopic (exact) mass is 319 g/mol. The van der Waals surface area contributed by atoms with Gasteiger partial charge >= 0.3 is 5.97 Å². The van der Waals surface area contributed by atoms with Crippen LogP contribution in [0, 0.1) is 5.82 Å². The first-order chi connectivity index (χ1) is 8.57. The van der Waals surface area contributed by atoms with E-state index in [2.05, 4.69) is 21.2 Å². The average Bonchev–Trinajstić information content (AvgIpc) is 2.33. The minimum absolute atomic E-state index is 0.0372. The highest BCUT2D eigenvalue weighted by Gasteiger charge is 2.15. The van der Waals surface area contributed by atoms with Crippen LogP contribution in [0.2, 0.25) is 0 Å². The van der Waals surface area contributed by atoms with Crippen LogP contribution in [0.1, 0.15) is 23.7 Å². The van der Waals surface area contributed by atoms with Crippen LogP contribution in [0.5, 0.6) is 0 Å². The number of rotatable bonds is 7. The summed E-state index contributed by atoms with van der Waals surface area (Å²) in [6.45, 7) is 3.75. The Morgan fingerprint density at radius 3 is 2.89 bits per heavy atom. The van der Waals surface area contributed by atoms with E-state index in [0.717, 1.165) is 6.42 Å². The number of halogens is 2. The van der Waals surface area contributed by atoms with Gasteiger partial charge in [-0.1, -0.05) is 0 Å². The van der Waals surface area contributed by atoms with E-state index in [0.29, 0.717) is 19.8 Å². The van der Waals surface area contributed by atoms with Crippen molar-refractivity contribution in [1.82, 2.24) is 0 Å². The molecule has 0 fully saturated rings. The van der Waals surface area contributed by atoms with Gasteiger partial charge in [-0.15, -0.1) is 0 Å². The van der Waals surface area contributed by atoms with E-state index in [9.17, 15) is 9.18 Å². The fourth-order valence-electron chi connectivity index (χ4n) is 1.39. The second-order valence-corrected chi connectivity index (χ2v) is 4.36. The molecule has 0 atom stereocenters. The van der Waals surface area contributed by atoms with Crippen LogP contribution in [-0.4, -0.2) is 30.8 Å². The fourth-order valence-corrected chi connectivity index (χ4v) is 1.91. The average molecular weight is 320 g/mol. The number of carboxylic acid groups (broad SMARTS) is 1. The topological polar surface area (TPSA) is 58.6 Å². The summed E-state index contributed by atoms with van der Waals surface area (Å²) in [5.74, 6) is -1.75. The minimum Gasteiger partial charge on any atom is -0.478 e. The maximum Gasteiger partial charge on any atom is 0.336 e. The zero-order valence-electron chi connectivity index (χ0n) is 10.0. The Kier molecular flexibility index (Phi) is 6.07. The normalized spacial score (nSPS) is 10.4. The van der Waals surface area contributed by atoms with Gasteiger partial charge in [0.15, 0.2) is 5.82 Å². The van der Waals surface area contributed by atoms with Crippen LogP contribution < -0.4 is 5.32 Å². The third kappa shape index (κ3) is 3.96. The van der Waals surface area contributed by atoms with Crippen molar-refractivity contribution in [3.63, 3.8) is 0 Å². The smallest absolute Gasteiger partial charge is 0.336 e. The van der Waals surface area contributed by atoms with E-state index in [1.54, 1.807) is 0 Å². The van der Waals surface area contributed by atoms with E-state index in [1.807, 2.05) is 6.92 Å². The van der Waals surface area contributed by atoms with Gasteiger partial charge < -0.3 is 15.2 Å². The first-order valence-electron chi connectivity index (χ1n) is 5.60. The van der Waals surface area contributed by atoms with Crippen molar-refractivity contribution in [2.24, 2.45) is 0 Å². The molecule has 0 saturated carbocycles. The molecule has 0 aliphatic heterocycles. The van der Waals surface area contributed by atoms with Gasteiger partial charge in [0, 0.05) is 19.8 Å². The number of ether oxygens (including phenoxy) is 1. The van der Waals surface area contributed by atoms with E-state index in [1.165, 1.54) is 12.1 Å². The van der Waals surface area contributed by atoms with Crippen LogP contribution in [0.25, 0.3) is 0 Å². The summed E-state index contributed by atoms with van der Waals surface area (Å²) < 4.78 is 18.9. The molecule has 1 rings (SSSR count). The summed E-state index contributed by atoms with van der Waals surface area (Å²) >= 11 is 2.94. The zero-order chi connectivity index (χ0) is 13.5. The molecule has 18 heavy (non-hydrogen) atoms. The molecule has 6 heteroatoms. The van der Waals surface area contributed by atoms with Crippen molar-refractivity contribution in [2.45, 2.75) is 13.3 Å². The molecule has 0 saturated heterocycles. The van der Waals surface area contributed by atoms with Gasteiger partial charge in [-0.2, -0.15) is 0 Å². The maximum absolute atomic E-state index is 13.8. The summed E-state index contributed by atoms with van der Waals surface area (Å²) in [6.07, 6.45) is 0.756. The molecule has 2 N–H and O–H groups in total. The Balaban J connectivity index is 2.62. The van der Waals surface area contributed by atoms with Gasteiger partial charge in [-0.3, -0.25) is 0 Å². The van der Waals surface area contributed by atoms with Crippen LogP contribution >= 0.6 is 15.9 Å². The number of hydrogen-bond acceptors (Lipinski definition) is 3. The van der Waals surface area contributed by atoms with Crippen LogP contribution in [0.3, 0.4) is 0 Å². The zero-order valence-corrected chi connectivity index (χ0v) is 11.6. The largest absolute Gasteiger partial charge is 0.478 e. The van der Waals surface area contributed by atoms with Crippen molar-refractivity contribution < 1.29 is 19.0 Å². The van der Waals surface area contributed by atoms with Crippen LogP contribution in [0.15, 0.2) is 16.6 Å². The summed E-state index contributed by atoms with van der Waals surface area (Å²) in [5.41, 5.74) is 0.190. The highest BCUT2D eigenvalue weighted by molar-refractivity contribution is 9.10. The van der Waals surface area contributed by atoms with E-state index in [4.69, 9.17) is 9.84 Å². The van der Waals surface area contributed by atoms with Crippen molar-refractivity contribution in [2.75, 3.05) is 25.1 Å². The number of benzene rings is 1. The molecule has 0 radical (unpaired) electrons. The highest BCUT2D eigenvalue weighted by Crippen LogP contribution is 2.27. The van der Waals surface area contributed by atoms with Gasteiger partial charge in [0.1, 0.15) is 0 Å². The van der Waals surface area contributed by atoms with Crippen LogP contribution in [0.4, 0.5) is 10.1 Å². The molecule has 1 aromatic carbocycles. The second kappa shape index (κ2) is 7.33. The van der Waals surface area contributed by atoms with Gasteiger partial charge in [0.25, 0.3) is 0 Å². The Morgan fingerprint density at radius 1 is 1.56 bits per heavy atom. The molecule has 0 heterocycles. The first-order valence-corrected chi connectivity index (χ1v) is 6.40. The van der Waals surface area contributed by atoms with E-state index >= 15 is 0 Å². The lowest BCUT2D eigenvalue weighted by atomic mass is 10.2. The molecule has 4 nitrogen and oxygen atoms in total. The highest BCUT2D eigenvalue weighted by atomic mass is 79.9. The predicted molar refractivity (Wildman–Crippen MR) is 70.7 cm³/mol. The molecule has 0 bridgehead atoms. The number of hydrogen-bond donors (Lipinski definition) is 2. The number of nitrogens with one attached hydrogen (secondary N) is 1. The first kappa shape index (κ1) is 14.9. The molecule has 0 amide bonds. The summed E-state index contributed by atoms with van der Waals surface area (Å²) in [7, 11) is 0. The van der Waals surface area contributed by atoms with Crippen molar-refractivity contribution >= 4 is 27.6 Å².